The molecule has 2 amide bonds. The number of halogens is 1. The third kappa shape index (κ3) is 4.12. The number of carbonyl (C=O) groups is 3. The number of nitrogens with zero attached hydrogens (tertiary/aromatic N) is 1. The summed E-state index contributed by atoms with van der Waals surface area (Å²) in [5.74, 6) is 2.20. The summed E-state index contributed by atoms with van der Waals surface area (Å²) < 4.78 is 11.5. The Morgan fingerprint density at radius 3 is 2.25 bits per heavy atom. The van der Waals surface area contributed by atoms with E-state index in [9.17, 15) is 14.4 Å². The fourth-order valence-corrected chi connectivity index (χ4v) is 7.83. The Hall–Kier alpha value is -2.77. The molecule has 2 aromatic rings. The smallest absolute Gasteiger partial charge is 0.317 e. The molecule has 36 heavy (non-hydrogen) atoms. The third-order valence-corrected chi connectivity index (χ3v) is 9.16. The number of ether oxygens (including phenoxy) is 2. The van der Waals surface area contributed by atoms with Gasteiger partial charge in [0.25, 0.3) is 11.1 Å². The van der Waals surface area contributed by atoms with Gasteiger partial charge in [0.2, 0.25) is 0 Å². The van der Waals surface area contributed by atoms with Crippen LogP contribution in [0.5, 0.6) is 11.5 Å². The lowest BCUT2D eigenvalue weighted by molar-refractivity contribution is -0.161. The van der Waals surface area contributed by atoms with E-state index in [-0.39, 0.29) is 16.6 Å². The number of carbonyl (C=O) groups excluding carboxylic acids is 3. The third-order valence-electron chi connectivity index (χ3n) is 8.04. The molecule has 5 aliphatic rings. The maximum atomic E-state index is 13.4. The molecule has 8 heteroatoms. The van der Waals surface area contributed by atoms with E-state index in [1.807, 2.05) is 0 Å². The van der Waals surface area contributed by atoms with Crippen LogP contribution in [-0.2, 0) is 9.59 Å². The largest absolute Gasteiger partial charge is 0.493 e. The number of hydrogen-bond donors (Lipinski definition) is 0. The Kier molecular flexibility index (Phi) is 5.88. The van der Waals surface area contributed by atoms with Gasteiger partial charge in [0.05, 0.1) is 23.1 Å². The molecule has 0 spiro atoms. The molecule has 0 aromatic heterocycles. The van der Waals surface area contributed by atoms with Crippen LogP contribution in [-0.4, -0.2) is 24.2 Å². The van der Waals surface area contributed by atoms with E-state index in [1.165, 1.54) is 26.4 Å². The van der Waals surface area contributed by atoms with Gasteiger partial charge in [-0.1, -0.05) is 17.7 Å². The van der Waals surface area contributed by atoms with Crippen LogP contribution in [0.25, 0.3) is 6.08 Å². The average Bonchev–Trinajstić information content (AvgIpc) is 3.12. The molecule has 2 aromatic carbocycles. The van der Waals surface area contributed by atoms with Gasteiger partial charge in [-0.05, 0) is 116 Å². The summed E-state index contributed by atoms with van der Waals surface area (Å²) in [5.41, 5.74) is 0.775. The summed E-state index contributed by atoms with van der Waals surface area (Å²) in [6.07, 6.45) is 8.22. The zero-order valence-electron chi connectivity index (χ0n) is 19.9. The average molecular weight is 524 g/mol. The molecule has 0 unspecified atom stereocenters. The number of methoxy groups -OCH3 is 1. The number of thioether (sulfide) groups is 1. The summed E-state index contributed by atoms with van der Waals surface area (Å²) in [4.78, 5) is 40.3. The molecular weight excluding hydrogens is 498 g/mol. The highest BCUT2D eigenvalue weighted by Gasteiger charge is 2.55. The number of benzene rings is 2. The molecule has 1 aliphatic heterocycles. The van der Waals surface area contributed by atoms with Gasteiger partial charge in [-0.15, -0.1) is 0 Å². The van der Waals surface area contributed by atoms with Crippen LogP contribution in [0.1, 0.15) is 44.1 Å². The normalized spacial score (nSPS) is 29.8. The van der Waals surface area contributed by atoms with Crippen molar-refractivity contribution in [3.05, 3.63) is 58.0 Å². The van der Waals surface area contributed by atoms with Crippen molar-refractivity contribution in [1.29, 1.82) is 0 Å². The quantitative estimate of drug-likeness (QED) is 0.246. The molecule has 1 saturated heterocycles. The van der Waals surface area contributed by atoms with Gasteiger partial charge >= 0.3 is 5.97 Å². The minimum absolute atomic E-state index is 0.142. The van der Waals surface area contributed by atoms with Gasteiger partial charge < -0.3 is 9.47 Å². The molecule has 4 saturated carbocycles. The predicted octanol–water partition coefficient (Wildman–Crippen LogP) is 6.71. The Balaban J connectivity index is 1.21. The van der Waals surface area contributed by atoms with Crippen molar-refractivity contribution in [2.45, 2.75) is 38.5 Å². The minimum Gasteiger partial charge on any atom is -0.493 e. The molecule has 1 heterocycles. The molecule has 6 nitrogen and oxygen atoms in total. The number of esters is 1. The van der Waals surface area contributed by atoms with Crippen molar-refractivity contribution < 1.29 is 23.9 Å². The van der Waals surface area contributed by atoms with Gasteiger partial charge in [-0.2, -0.15) is 0 Å². The first-order valence-electron chi connectivity index (χ1n) is 12.3. The summed E-state index contributed by atoms with van der Waals surface area (Å²) in [6, 6.07) is 11.7. The molecule has 186 valence electrons. The van der Waals surface area contributed by atoms with Crippen molar-refractivity contribution in [2.75, 3.05) is 12.0 Å². The first-order chi connectivity index (χ1) is 17.3. The van der Waals surface area contributed by atoms with Crippen LogP contribution in [0, 0.1) is 23.2 Å². The molecule has 4 bridgehead atoms. The van der Waals surface area contributed by atoms with Gasteiger partial charge in [-0.25, -0.2) is 4.90 Å². The summed E-state index contributed by atoms with van der Waals surface area (Å²) >= 11 is 6.80. The second kappa shape index (κ2) is 8.96. The zero-order chi connectivity index (χ0) is 25.0. The van der Waals surface area contributed by atoms with Crippen LogP contribution >= 0.6 is 23.4 Å². The van der Waals surface area contributed by atoms with Gasteiger partial charge in [0.15, 0.2) is 11.5 Å². The standard InChI is InChI=1S/C28H26ClNO5S/c1-34-23-11-16(12-24-25(31)30(27(33)36-24)21-5-3-20(29)4-6-21)2-7-22(23)35-26(32)28-13-17-8-18(14-28)10-19(9-17)15-28/h2-7,11-12,17-19H,8-10,13-15H2,1H3/b24-12-. The number of hydrogen-bond acceptors (Lipinski definition) is 6. The highest BCUT2D eigenvalue weighted by Crippen LogP contribution is 2.60. The van der Waals surface area contributed by atoms with Crippen LogP contribution in [0.3, 0.4) is 0 Å². The van der Waals surface area contributed by atoms with Gasteiger partial charge in [0.1, 0.15) is 0 Å². The second-order valence-electron chi connectivity index (χ2n) is 10.5. The molecule has 5 fully saturated rings. The monoisotopic (exact) mass is 523 g/mol. The van der Waals surface area contributed by atoms with Crippen molar-refractivity contribution in [2.24, 2.45) is 23.2 Å². The number of anilines is 1. The fraction of sp³-hybridized carbons (Fsp3) is 0.393. The van der Waals surface area contributed by atoms with E-state index < -0.39 is 5.91 Å². The zero-order valence-corrected chi connectivity index (χ0v) is 21.4. The van der Waals surface area contributed by atoms with E-state index >= 15 is 0 Å². The van der Waals surface area contributed by atoms with Crippen molar-refractivity contribution in [3.8, 4) is 11.5 Å². The molecule has 0 radical (unpaired) electrons. The van der Waals surface area contributed by atoms with Gasteiger partial charge in [0, 0.05) is 5.02 Å². The lowest BCUT2D eigenvalue weighted by Crippen LogP contribution is -2.51. The molecule has 7 rings (SSSR count). The number of imide groups is 1. The number of rotatable bonds is 5. The predicted molar refractivity (Wildman–Crippen MR) is 139 cm³/mol. The lowest BCUT2D eigenvalue weighted by Gasteiger charge is -2.55. The van der Waals surface area contributed by atoms with E-state index in [4.69, 9.17) is 21.1 Å². The Morgan fingerprint density at radius 2 is 1.64 bits per heavy atom. The van der Waals surface area contributed by atoms with Crippen LogP contribution < -0.4 is 14.4 Å². The number of amides is 2. The first-order valence-corrected chi connectivity index (χ1v) is 13.5. The van der Waals surface area contributed by atoms with Crippen LogP contribution in [0.4, 0.5) is 10.5 Å². The van der Waals surface area contributed by atoms with E-state index in [2.05, 4.69) is 0 Å². The summed E-state index contributed by atoms with van der Waals surface area (Å²) in [5, 5.41) is 0.152. The topological polar surface area (TPSA) is 72.9 Å². The highest BCUT2D eigenvalue weighted by molar-refractivity contribution is 8.19. The minimum atomic E-state index is -0.399. The highest BCUT2D eigenvalue weighted by atomic mass is 35.5. The van der Waals surface area contributed by atoms with E-state index in [1.54, 1.807) is 48.5 Å². The summed E-state index contributed by atoms with van der Waals surface area (Å²) in [6.45, 7) is 0. The van der Waals surface area contributed by atoms with Crippen molar-refractivity contribution in [1.82, 2.24) is 0 Å². The first kappa shape index (κ1) is 23.6. The van der Waals surface area contributed by atoms with Crippen LogP contribution in [0.15, 0.2) is 47.4 Å². The SMILES string of the molecule is COc1cc(/C=C2\SC(=O)N(c3ccc(Cl)cc3)C2=O)ccc1OC(=O)C12CC3CC(CC(C3)C1)C2. The van der Waals surface area contributed by atoms with Crippen molar-refractivity contribution in [3.63, 3.8) is 0 Å². The summed E-state index contributed by atoms with van der Waals surface area (Å²) in [7, 11) is 1.52. The molecule has 0 atom stereocenters. The molecule has 4 aliphatic carbocycles. The molecule has 0 N–H and O–H groups in total. The fourth-order valence-electron chi connectivity index (χ4n) is 6.86. The van der Waals surface area contributed by atoms with Gasteiger partial charge in [-0.3, -0.25) is 14.4 Å². The van der Waals surface area contributed by atoms with Crippen LogP contribution in [0.2, 0.25) is 5.02 Å². The lowest BCUT2D eigenvalue weighted by atomic mass is 9.49. The van der Waals surface area contributed by atoms with E-state index in [0.717, 1.165) is 35.9 Å². The second-order valence-corrected chi connectivity index (χ2v) is 11.9. The Labute approximate surface area is 219 Å². The Morgan fingerprint density at radius 1 is 1.00 bits per heavy atom. The maximum Gasteiger partial charge on any atom is 0.317 e. The van der Waals surface area contributed by atoms with E-state index in [0.29, 0.717) is 50.4 Å². The Bertz CT molecular complexity index is 1250. The van der Waals surface area contributed by atoms with Crippen molar-refractivity contribution >= 4 is 52.2 Å². The molecular formula is C28H26ClNO5S. The maximum absolute atomic E-state index is 13.4.